The second-order valence-corrected chi connectivity index (χ2v) is 18.5. The summed E-state index contributed by atoms with van der Waals surface area (Å²) in [6, 6.07) is -1.04. The van der Waals surface area contributed by atoms with Gasteiger partial charge in [0.05, 0.1) is 12.8 Å². The highest BCUT2D eigenvalue weighted by atomic mass is 32.2. The number of esters is 2. The lowest BCUT2D eigenvalue weighted by atomic mass is 9.98. The minimum absolute atomic E-state index is 0.0366. The number of aliphatic hydroxyl groups excluding tert-OH is 4. The molecule has 0 aromatic carbocycles. The third kappa shape index (κ3) is 25.2. The fourth-order valence-corrected chi connectivity index (χ4v) is 8.62. The Morgan fingerprint density at radius 3 is 1.72 bits per heavy atom. The van der Waals surface area contributed by atoms with Crippen molar-refractivity contribution >= 4 is 41.3 Å². The number of nitrogens with one attached hydrogen (secondary N) is 2. The summed E-state index contributed by atoms with van der Waals surface area (Å²) in [5.74, 6) is -1.34. The van der Waals surface area contributed by atoms with E-state index in [9.17, 15) is 39.6 Å². The van der Waals surface area contributed by atoms with Gasteiger partial charge in [-0.2, -0.15) is 11.8 Å². The Morgan fingerprint density at radius 2 is 1.19 bits per heavy atom. The Hall–Kier alpha value is -2.83. The van der Waals surface area contributed by atoms with Crippen LogP contribution in [0.25, 0.3) is 0 Å². The number of carbonyl (C=O) groups excluding carboxylic acids is 4. The number of hydrogen-bond acceptors (Lipinski definition) is 14. The quantitative estimate of drug-likeness (QED) is 0.0278. The van der Waals surface area contributed by atoms with Gasteiger partial charge in [0.1, 0.15) is 43.2 Å². The van der Waals surface area contributed by atoms with Gasteiger partial charge in [0.2, 0.25) is 11.8 Å². The van der Waals surface area contributed by atoms with Crippen LogP contribution in [0.4, 0.5) is 5.82 Å². The van der Waals surface area contributed by atoms with Crippen LogP contribution in [0.3, 0.4) is 0 Å². The fraction of sp³-hybridized carbons (Fsp3) is 0.872. The lowest BCUT2D eigenvalue weighted by Gasteiger charge is -2.39. The molecule has 1 fully saturated rings. The third-order valence-corrected chi connectivity index (χ3v) is 12.8. The van der Waals surface area contributed by atoms with E-state index in [0.29, 0.717) is 12.8 Å². The number of unbranched alkanes of at least 4 members (excludes halogenated alkanes) is 21. The summed E-state index contributed by atoms with van der Waals surface area (Å²) in [5.41, 5.74) is 0. The number of nitrogens with zero attached hydrogens (tertiary/aromatic N) is 3. The summed E-state index contributed by atoms with van der Waals surface area (Å²) in [5, 5.41) is 54.0. The first kappa shape index (κ1) is 57.3. The van der Waals surface area contributed by atoms with Gasteiger partial charge in [-0.3, -0.25) is 19.2 Å². The van der Waals surface area contributed by atoms with Crippen molar-refractivity contribution in [3.8, 4) is 0 Å². The Balaban J connectivity index is 2.07. The van der Waals surface area contributed by atoms with Crippen LogP contribution in [-0.2, 0) is 33.4 Å². The zero-order valence-electron chi connectivity index (χ0n) is 39.4. The molecule has 1 saturated heterocycles. The molecule has 7 atom stereocenters. The monoisotopic (exact) mass is 928 g/mol. The summed E-state index contributed by atoms with van der Waals surface area (Å²) < 4.78 is 18.1. The zero-order valence-corrected chi connectivity index (χ0v) is 40.3. The third-order valence-electron chi connectivity index (χ3n) is 11.6. The van der Waals surface area contributed by atoms with Gasteiger partial charge < -0.3 is 45.3 Å². The van der Waals surface area contributed by atoms with Gasteiger partial charge in [-0.05, 0) is 19.3 Å². The van der Waals surface area contributed by atoms with Crippen molar-refractivity contribution in [1.82, 2.24) is 20.3 Å². The first-order valence-electron chi connectivity index (χ1n) is 24.8. The summed E-state index contributed by atoms with van der Waals surface area (Å²) in [4.78, 5) is 52.7. The molecule has 0 radical (unpaired) electrons. The maximum atomic E-state index is 13.8. The first-order valence-corrected chi connectivity index (χ1v) is 25.9. The fourth-order valence-electron chi connectivity index (χ4n) is 7.58. The Morgan fingerprint density at radius 1 is 0.688 bits per heavy atom. The highest BCUT2D eigenvalue weighted by molar-refractivity contribution is 7.99. The second-order valence-electron chi connectivity index (χ2n) is 17.4. The van der Waals surface area contributed by atoms with Gasteiger partial charge in [-0.25, -0.2) is 4.68 Å². The number of aromatic nitrogens is 3. The average Bonchev–Trinajstić information content (AvgIpc) is 3.74. The van der Waals surface area contributed by atoms with Crippen LogP contribution in [0.2, 0.25) is 0 Å². The molecule has 2 rings (SSSR count). The number of amides is 2. The molecule has 0 spiro atoms. The summed E-state index contributed by atoms with van der Waals surface area (Å²) in [6.07, 6.45) is 20.0. The van der Waals surface area contributed by atoms with Crippen molar-refractivity contribution in [3.05, 3.63) is 6.20 Å². The van der Waals surface area contributed by atoms with Crippen LogP contribution in [0, 0.1) is 0 Å². The molecule has 2 amide bonds. The van der Waals surface area contributed by atoms with Crippen molar-refractivity contribution in [1.29, 1.82) is 0 Å². The SMILES string of the molecule is CCCCCCCCCCC(=O)N[C@H](CSC[C@@H](COC(=O)CCCCCCCCCC)OC(=O)CCCCCCCCCC)C(=O)Nc1cn([C@H]2OC(CO)C(O)C(O)C2O)nn1. The van der Waals surface area contributed by atoms with E-state index >= 15 is 0 Å². The minimum Gasteiger partial charge on any atom is -0.462 e. The maximum absolute atomic E-state index is 13.8. The van der Waals surface area contributed by atoms with Crippen LogP contribution in [-0.4, -0.2) is 120 Å². The molecule has 2 heterocycles. The van der Waals surface area contributed by atoms with E-state index in [0.717, 1.165) is 68.9 Å². The number of aliphatic hydroxyl groups is 4. The topological polar surface area (TPSA) is 232 Å². The molecule has 1 aromatic rings. The summed E-state index contributed by atoms with van der Waals surface area (Å²) >= 11 is 1.28. The van der Waals surface area contributed by atoms with E-state index < -0.39 is 55.3 Å². The Kier molecular flexibility index (Phi) is 32.5. The van der Waals surface area contributed by atoms with Gasteiger partial charge in [0.25, 0.3) is 0 Å². The van der Waals surface area contributed by atoms with E-state index in [2.05, 4.69) is 41.7 Å². The van der Waals surface area contributed by atoms with E-state index in [1.807, 2.05) is 0 Å². The van der Waals surface area contributed by atoms with Gasteiger partial charge >= 0.3 is 11.9 Å². The largest absolute Gasteiger partial charge is 0.462 e. The van der Waals surface area contributed by atoms with E-state index in [-0.39, 0.29) is 61.0 Å². The molecule has 1 aromatic heterocycles. The van der Waals surface area contributed by atoms with E-state index in [1.54, 1.807) is 0 Å². The molecule has 0 bridgehead atoms. The predicted octanol–water partition coefficient (Wildman–Crippen LogP) is 7.45. The molecule has 64 heavy (non-hydrogen) atoms. The molecular weight excluding hydrogens is 843 g/mol. The van der Waals surface area contributed by atoms with Crippen LogP contribution < -0.4 is 10.6 Å². The molecule has 17 heteroatoms. The highest BCUT2D eigenvalue weighted by Crippen LogP contribution is 2.28. The number of rotatable bonds is 39. The average molecular weight is 928 g/mol. The lowest BCUT2D eigenvalue weighted by molar-refractivity contribution is -0.254. The number of ether oxygens (including phenoxy) is 3. The summed E-state index contributed by atoms with van der Waals surface area (Å²) in [7, 11) is 0. The zero-order chi connectivity index (χ0) is 46.8. The normalized spacial score (nSPS) is 19.5. The van der Waals surface area contributed by atoms with Crippen LogP contribution in [0.5, 0.6) is 0 Å². The van der Waals surface area contributed by atoms with Gasteiger partial charge in [0.15, 0.2) is 12.0 Å². The molecule has 6 N–H and O–H groups in total. The Labute approximate surface area is 387 Å². The van der Waals surface area contributed by atoms with Crippen LogP contribution >= 0.6 is 11.8 Å². The molecule has 370 valence electrons. The summed E-state index contributed by atoms with van der Waals surface area (Å²) in [6.45, 7) is 5.83. The van der Waals surface area contributed by atoms with Gasteiger partial charge in [0, 0.05) is 30.8 Å². The van der Waals surface area contributed by atoms with Crippen LogP contribution in [0.1, 0.15) is 200 Å². The van der Waals surface area contributed by atoms with Gasteiger partial charge in [-0.1, -0.05) is 161 Å². The van der Waals surface area contributed by atoms with Crippen LogP contribution in [0.15, 0.2) is 6.20 Å². The number of thioether (sulfide) groups is 1. The maximum Gasteiger partial charge on any atom is 0.306 e. The van der Waals surface area contributed by atoms with Crippen molar-refractivity contribution in [2.75, 3.05) is 30.0 Å². The molecule has 16 nitrogen and oxygen atoms in total. The number of hydrogen-bond donors (Lipinski definition) is 6. The number of carbonyl (C=O) groups is 4. The van der Waals surface area contributed by atoms with Crippen molar-refractivity contribution in [3.63, 3.8) is 0 Å². The minimum atomic E-state index is -1.64. The highest BCUT2D eigenvalue weighted by Gasteiger charge is 2.44. The lowest BCUT2D eigenvalue weighted by Crippen LogP contribution is -2.56. The molecule has 0 aliphatic carbocycles. The first-order chi connectivity index (χ1) is 31.0. The molecule has 4 unspecified atom stereocenters. The molecule has 0 saturated carbocycles. The van der Waals surface area contributed by atoms with Crippen molar-refractivity contribution in [2.24, 2.45) is 0 Å². The Bertz CT molecular complexity index is 1390. The standard InChI is InChI=1S/C47H85N5O11S/c1-4-7-10-13-16-19-22-25-28-40(54)48-37(46(60)49-39-31-52(51-50-39)47-45(59)44(58)43(57)38(32-53)63-47)35-64-34-36(62-42(56)30-27-24-21-18-15-12-9-6-3)33-61-41(55)29-26-23-20-17-14-11-8-5-2/h31,36-38,43-45,47,53,57-59H,4-30,32-35H2,1-3H3,(H,48,54)(H,49,60)/t36-,37-,38?,43?,44?,45?,47+/m1/s1. The number of anilines is 1. The second kappa shape index (κ2) is 36.3. The van der Waals surface area contributed by atoms with Crippen molar-refractivity contribution < 1.29 is 53.8 Å². The smallest absolute Gasteiger partial charge is 0.306 e. The van der Waals surface area contributed by atoms with E-state index in [1.165, 1.54) is 95.0 Å². The van der Waals surface area contributed by atoms with Crippen molar-refractivity contribution in [2.45, 2.75) is 237 Å². The molecule has 1 aliphatic rings. The molecular formula is C47H85N5O11S. The molecule has 1 aliphatic heterocycles. The van der Waals surface area contributed by atoms with Gasteiger partial charge in [-0.15, -0.1) is 5.10 Å². The predicted molar refractivity (Wildman–Crippen MR) is 249 cm³/mol. The van der Waals surface area contributed by atoms with E-state index in [4.69, 9.17) is 14.2 Å².